The van der Waals surface area contributed by atoms with Crippen LogP contribution in [-0.4, -0.2) is 29.0 Å². The fourth-order valence-electron chi connectivity index (χ4n) is 3.49. The van der Waals surface area contributed by atoms with Crippen molar-refractivity contribution in [3.63, 3.8) is 0 Å². The maximum Gasteiger partial charge on any atom is 0.253 e. The first kappa shape index (κ1) is 18.4. The number of halogens is 2. The van der Waals surface area contributed by atoms with Crippen LogP contribution >= 0.6 is 0 Å². The molecule has 0 aromatic heterocycles. The molecule has 3 nitrogen and oxygen atoms in total. The molecule has 1 amide bonds. The monoisotopic (exact) mass is 359 g/mol. The van der Waals surface area contributed by atoms with E-state index < -0.39 is 11.6 Å². The molecular formula is C21H23F2NO2. The Morgan fingerprint density at radius 3 is 2.77 bits per heavy atom. The van der Waals surface area contributed by atoms with Crippen LogP contribution in [0.1, 0.15) is 40.7 Å². The zero-order valence-corrected chi connectivity index (χ0v) is 14.8. The van der Waals surface area contributed by atoms with Gasteiger partial charge in [-0.1, -0.05) is 12.1 Å². The zero-order chi connectivity index (χ0) is 18.7. The summed E-state index contributed by atoms with van der Waals surface area (Å²) in [5, 5.41) is 9.82. The largest absolute Gasteiger partial charge is 0.508 e. The topological polar surface area (TPSA) is 40.5 Å². The van der Waals surface area contributed by atoms with E-state index in [2.05, 4.69) is 0 Å². The third kappa shape index (κ3) is 4.21. The number of rotatable bonds is 4. The van der Waals surface area contributed by atoms with Crippen molar-refractivity contribution in [1.29, 1.82) is 0 Å². The van der Waals surface area contributed by atoms with Gasteiger partial charge < -0.3 is 10.0 Å². The molecule has 0 spiro atoms. The fourth-order valence-corrected chi connectivity index (χ4v) is 3.49. The number of hydrogen-bond acceptors (Lipinski definition) is 2. The number of carbonyl (C=O) groups is 1. The summed E-state index contributed by atoms with van der Waals surface area (Å²) >= 11 is 0. The molecule has 1 saturated heterocycles. The van der Waals surface area contributed by atoms with Gasteiger partial charge in [0, 0.05) is 24.7 Å². The van der Waals surface area contributed by atoms with Gasteiger partial charge in [0.25, 0.3) is 5.91 Å². The molecule has 0 saturated carbocycles. The highest BCUT2D eigenvalue weighted by Crippen LogP contribution is 2.25. The average molecular weight is 359 g/mol. The maximum atomic E-state index is 13.8. The first-order valence-corrected chi connectivity index (χ1v) is 8.97. The van der Waals surface area contributed by atoms with Gasteiger partial charge in [0.15, 0.2) is 0 Å². The highest BCUT2D eigenvalue weighted by molar-refractivity contribution is 5.94. The second kappa shape index (κ2) is 7.85. The number of piperidine rings is 1. The Kier molecular flexibility index (Phi) is 5.55. The average Bonchev–Trinajstić information content (AvgIpc) is 2.63. The summed E-state index contributed by atoms with van der Waals surface area (Å²) in [6.07, 6.45) is 3.18. The fraction of sp³-hybridized carbons (Fsp3) is 0.381. The minimum atomic E-state index is -0.568. The molecule has 0 bridgehead atoms. The summed E-state index contributed by atoms with van der Waals surface area (Å²) in [6.45, 7) is 3.10. The van der Waals surface area contributed by atoms with Gasteiger partial charge in [-0.05, 0) is 67.9 Å². The highest BCUT2D eigenvalue weighted by atomic mass is 19.1. The number of phenols is 1. The van der Waals surface area contributed by atoms with Crippen molar-refractivity contribution < 1.29 is 18.7 Å². The van der Waals surface area contributed by atoms with E-state index in [1.54, 1.807) is 24.0 Å². The van der Waals surface area contributed by atoms with Crippen molar-refractivity contribution in [2.24, 2.45) is 5.92 Å². The van der Waals surface area contributed by atoms with E-state index >= 15 is 0 Å². The Morgan fingerprint density at radius 1 is 1.23 bits per heavy atom. The Hall–Kier alpha value is -2.43. The van der Waals surface area contributed by atoms with Gasteiger partial charge in [-0.3, -0.25) is 4.79 Å². The molecule has 5 heteroatoms. The Morgan fingerprint density at radius 2 is 2.04 bits per heavy atom. The molecule has 2 aromatic rings. The number of nitrogens with zero attached hydrogens (tertiary/aromatic N) is 1. The standard InChI is InChI=1S/C21H23F2NO2/c1-14-4-6-17(11-20(14)25)21(26)24-10-2-3-15(13-24)5-7-16-8-9-18(22)12-19(16)23/h4,6,8-9,11-12,15,25H,2-3,5,7,10,13H2,1H3/t15-/m1/s1. The van der Waals surface area contributed by atoms with Crippen molar-refractivity contribution >= 4 is 5.91 Å². The first-order chi connectivity index (χ1) is 12.4. The molecule has 0 radical (unpaired) electrons. The number of amides is 1. The predicted molar refractivity (Wildman–Crippen MR) is 96.2 cm³/mol. The SMILES string of the molecule is Cc1ccc(C(=O)N2CCC[C@H](CCc3ccc(F)cc3F)C2)cc1O. The van der Waals surface area contributed by atoms with Crippen molar-refractivity contribution in [3.8, 4) is 5.75 Å². The van der Waals surface area contributed by atoms with Crippen LogP contribution < -0.4 is 0 Å². The molecule has 1 fully saturated rings. The van der Waals surface area contributed by atoms with E-state index in [4.69, 9.17) is 0 Å². The molecule has 1 atom stereocenters. The van der Waals surface area contributed by atoms with Crippen LogP contribution in [0, 0.1) is 24.5 Å². The number of aromatic hydroxyl groups is 1. The van der Waals surface area contributed by atoms with Crippen LogP contribution in [0.5, 0.6) is 5.75 Å². The Labute approximate surface area is 152 Å². The van der Waals surface area contributed by atoms with Crippen LogP contribution in [0.25, 0.3) is 0 Å². The van der Waals surface area contributed by atoms with E-state index in [0.29, 0.717) is 30.6 Å². The molecule has 138 valence electrons. The second-order valence-electron chi connectivity index (χ2n) is 7.04. The third-order valence-electron chi connectivity index (χ3n) is 5.10. The Bertz CT molecular complexity index is 807. The van der Waals surface area contributed by atoms with E-state index in [0.717, 1.165) is 30.9 Å². The Balaban J connectivity index is 1.61. The number of phenolic OH excluding ortho intramolecular Hbond substituents is 1. The number of hydrogen-bond donors (Lipinski definition) is 1. The summed E-state index contributed by atoms with van der Waals surface area (Å²) in [5.41, 5.74) is 1.73. The normalized spacial score (nSPS) is 17.3. The molecule has 1 heterocycles. The first-order valence-electron chi connectivity index (χ1n) is 8.97. The van der Waals surface area contributed by atoms with E-state index in [9.17, 15) is 18.7 Å². The van der Waals surface area contributed by atoms with E-state index in [-0.39, 0.29) is 17.6 Å². The second-order valence-corrected chi connectivity index (χ2v) is 7.04. The lowest BCUT2D eigenvalue weighted by Gasteiger charge is -2.33. The molecule has 0 unspecified atom stereocenters. The number of aryl methyl sites for hydroxylation is 2. The van der Waals surface area contributed by atoms with Crippen molar-refractivity contribution in [2.45, 2.75) is 32.6 Å². The number of benzene rings is 2. The number of carbonyl (C=O) groups excluding carboxylic acids is 1. The van der Waals surface area contributed by atoms with Gasteiger partial charge >= 0.3 is 0 Å². The lowest BCUT2D eigenvalue weighted by Crippen LogP contribution is -2.40. The van der Waals surface area contributed by atoms with Gasteiger partial charge in [0.05, 0.1) is 0 Å². The summed E-state index contributed by atoms with van der Waals surface area (Å²) in [7, 11) is 0. The molecule has 1 N–H and O–H groups in total. The van der Waals surface area contributed by atoms with Gasteiger partial charge in [0.2, 0.25) is 0 Å². The molecule has 1 aliphatic heterocycles. The van der Waals surface area contributed by atoms with Gasteiger partial charge in [-0.2, -0.15) is 0 Å². The van der Waals surface area contributed by atoms with Crippen LogP contribution in [0.3, 0.4) is 0 Å². The molecule has 3 rings (SSSR count). The molecule has 26 heavy (non-hydrogen) atoms. The van der Waals surface area contributed by atoms with Gasteiger partial charge in [-0.15, -0.1) is 0 Å². The minimum Gasteiger partial charge on any atom is -0.508 e. The molecule has 1 aliphatic rings. The minimum absolute atomic E-state index is 0.0852. The molecule has 0 aliphatic carbocycles. The lowest BCUT2D eigenvalue weighted by molar-refractivity contribution is 0.0667. The smallest absolute Gasteiger partial charge is 0.253 e. The van der Waals surface area contributed by atoms with Crippen LogP contribution in [0.15, 0.2) is 36.4 Å². The van der Waals surface area contributed by atoms with E-state index in [1.165, 1.54) is 18.2 Å². The summed E-state index contributed by atoms with van der Waals surface area (Å²) in [5.74, 6) is -0.753. The third-order valence-corrected chi connectivity index (χ3v) is 5.10. The van der Waals surface area contributed by atoms with Gasteiger partial charge in [-0.25, -0.2) is 8.78 Å². The quantitative estimate of drug-likeness (QED) is 0.875. The number of likely N-dealkylation sites (tertiary alicyclic amines) is 1. The van der Waals surface area contributed by atoms with Crippen molar-refractivity contribution in [3.05, 3.63) is 64.7 Å². The lowest BCUT2D eigenvalue weighted by atomic mass is 9.91. The molecule has 2 aromatic carbocycles. The summed E-state index contributed by atoms with van der Waals surface area (Å²) in [6, 6.07) is 8.66. The zero-order valence-electron chi connectivity index (χ0n) is 14.8. The van der Waals surface area contributed by atoms with Crippen LogP contribution in [0.2, 0.25) is 0 Å². The predicted octanol–water partition coefficient (Wildman–Crippen LogP) is 4.46. The summed E-state index contributed by atoms with van der Waals surface area (Å²) in [4.78, 5) is 14.5. The van der Waals surface area contributed by atoms with Crippen LogP contribution in [0.4, 0.5) is 8.78 Å². The van der Waals surface area contributed by atoms with Crippen molar-refractivity contribution in [2.75, 3.05) is 13.1 Å². The van der Waals surface area contributed by atoms with E-state index in [1.807, 2.05) is 0 Å². The molecular weight excluding hydrogens is 336 g/mol. The maximum absolute atomic E-state index is 13.8. The highest BCUT2D eigenvalue weighted by Gasteiger charge is 2.25. The van der Waals surface area contributed by atoms with Crippen LogP contribution in [-0.2, 0) is 6.42 Å². The van der Waals surface area contributed by atoms with Crippen molar-refractivity contribution in [1.82, 2.24) is 4.90 Å². The summed E-state index contributed by atoms with van der Waals surface area (Å²) < 4.78 is 26.8. The van der Waals surface area contributed by atoms with Gasteiger partial charge in [0.1, 0.15) is 17.4 Å².